The molecule has 0 bridgehead atoms. The van der Waals surface area contributed by atoms with Crippen molar-refractivity contribution < 1.29 is 4.74 Å². The van der Waals surface area contributed by atoms with E-state index in [1.807, 2.05) is 0 Å². The first-order valence-corrected chi connectivity index (χ1v) is 11.8. The molecular formula is C27H38O. The molecule has 5 rings (SSSR count). The van der Waals surface area contributed by atoms with Crippen LogP contribution in [0.4, 0.5) is 0 Å². The summed E-state index contributed by atoms with van der Waals surface area (Å²) in [5.74, 6) is 4.01. The number of benzene rings is 1. The predicted octanol–water partition coefficient (Wildman–Crippen LogP) is 7.13. The van der Waals surface area contributed by atoms with Crippen LogP contribution in [0.5, 0.6) is 0 Å². The Morgan fingerprint density at radius 2 is 1.82 bits per heavy atom. The summed E-state index contributed by atoms with van der Waals surface area (Å²) in [6.45, 7) is 12.5. The van der Waals surface area contributed by atoms with Gasteiger partial charge in [-0.2, -0.15) is 0 Å². The molecule has 1 heterocycles. The first-order valence-electron chi connectivity index (χ1n) is 11.8. The number of hydrogen-bond acceptors (Lipinski definition) is 1. The van der Waals surface area contributed by atoms with Crippen LogP contribution in [0.15, 0.2) is 35.9 Å². The van der Waals surface area contributed by atoms with Gasteiger partial charge < -0.3 is 4.74 Å². The van der Waals surface area contributed by atoms with Gasteiger partial charge in [-0.1, -0.05) is 64.1 Å². The second-order valence-corrected chi connectivity index (χ2v) is 11.3. The molecule has 0 N–H and O–H groups in total. The van der Waals surface area contributed by atoms with E-state index in [0.717, 1.165) is 23.7 Å². The molecule has 1 nitrogen and oxygen atoms in total. The number of rotatable bonds is 2. The van der Waals surface area contributed by atoms with Crippen molar-refractivity contribution in [1.29, 1.82) is 0 Å². The van der Waals surface area contributed by atoms with Gasteiger partial charge in [-0.05, 0) is 85.7 Å². The fourth-order valence-corrected chi connectivity index (χ4v) is 8.04. The Kier molecular flexibility index (Phi) is 4.19. The Hall–Kier alpha value is -1.08. The van der Waals surface area contributed by atoms with E-state index in [1.165, 1.54) is 44.1 Å². The average Bonchev–Trinajstić information content (AvgIpc) is 2.96. The lowest BCUT2D eigenvalue weighted by Gasteiger charge is -2.47. The third-order valence-corrected chi connectivity index (χ3v) is 9.41. The van der Waals surface area contributed by atoms with Crippen molar-refractivity contribution >= 4 is 6.08 Å². The average molecular weight is 379 g/mol. The third-order valence-electron chi connectivity index (χ3n) is 9.41. The Balaban J connectivity index is 1.61. The van der Waals surface area contributed by atoms with Gasteiger partial charge in [0.15, 0.2) is 0 Å². The van der Waals surface area contributed by atoms with Gasteiger partial charge in [0.25, 0.3) is 0 Å². The molecule has 3 saturated carbocycles. The summed E-state index contributed by atoms with van der Waals surface area (Å²) in [5, 5.41) is 0. The maximum atomic E-state index is 6.80. The van der Waals surface area contributed by atoms with Crippen LogP contribution in [-0.4, -0.2) is 11.2 Å². The maximum absolute atomic E-state index is 6.80. The van der Waals surface area contributed by atoms with Crippen molar-refractivity contribution in [3.63, 3.8) is 0 Å². The van der Waals surface area contributed by atoms with E-state index < -0.39 is 0 Å². The Bertz CT molecular complexity index is 779. The van der Waals surface area contributed by atoms with E-state index in [4.69, 9.17) is 4.74 Å². The predicted molar refractivity (Wildman–Crippen MR) is 117 cm³/mol. The standard InChI is InChI=1S/C27H38O/c1-18(2)22-11-13-25(4)23(22)16-19(3)15-21(17-20-9-7-6-8-10-20)27-24(25)12-14-26(27,5)28-27/h6-10,17-19,22-24H,11-16H2,1-5H3/b21-17+/t19-,22+,23+,24-,25-,26+,27-/m1/s1. The zero-order chi connectivity index (χ0) is 19.7. The molecule has 7 atom stereocenters. The van der Waals surface area contributed by atoms with E-state index >= 15 is 0 Å². The van der Waals surface area contributed by atoms with Crippen LogP contribution in [0.1, 0.15) is 78.7 Å². The molecule has 1 aromatic rings. The Labute approximate surface area is 171 Å². The molecule has 0 amide bonds. The third kappa shape index (κ3) is 2.47. The molecule has 4 aliphatic rings. The molecule has 1 aromatic carbocycles. The van der Waals surface area contributed by atoms with Crippen molar-refractivity contribution in [2.75, 3.05) is 0 Å². The minimum absolute atomic E-state index is 0.0103. The zero-order valence-electron chi connectivity index (χ0n) is 18.5. The van der Waals surface area contributed by atoms with Gasteiger partial charge in [-0.15, -0.1) is 0 Å². The molecule has 0 radical (unpaired) electrons. The number of epoxide rings is 1. The largest absolute Gasteiger partial charge is 0.358 e. The second-order valence-electron chi connectivity index (χ2n) is 11.3. The van der Waals surface area contributed by atoms with Gasteiger partial charge in [0.05, 0.1) is 5.60 Å². The SMILES string of the molecule is CC(C)[C@@H]1CC[C@@]2(C)[C@H]3CC[C@]4(C)O[C@]34/C(=C/c3ccccc3)C[C@@H](C)C[C@@H]12. The van der Waals surface area contributed by atoms with Crippen LogP contribution < -0.4 is 0 Å². The Morgan fingerprint density at radius 3 is 2.50 bits per heavy atom. The van der Waals surface area contributed by atoms with E-state index in [2.05, 4.69) is 71.0 Å². The minimum Gasteiger partial charge on any atom is -0.358 e. The summed E-state index contributed by atoms with van der Waals surface area (Å²) in [6.07, 6.45) is 10.5. The Morgan fingerprint density at radius 1 is 1.07 bits per heavy atom. The van der Waals surface area contributed by atoms with Crippen molar-refractivity contribution in [2.45, 2.75) is 84.3 Å². The first kappa shape index (κ1) is 18.9. The fourth-order valence-electron chi connectivity index (χ4n) is 8.04. The normalized spacial score (nSPS) is 48.7. The smallest absolute Gasteiger partial charge is 0.122 e. The second kappa shape index (κ2) is 6.21. The molecular weight excluding hydrogens is 340 g/mol. The molecule has 4 fully saturated rings. The highest BCUT2D eigenvalue weighted by atomic mass is 16.6. The molecule has 28 heavy (non-hydrogen) atoms. The quantitative estimate of drug-likeness (QED) is 0.499. The van der Waals surface area contributed by atoms with Gasteiger partial charge >= 0.3 is 0 Å². The van der Waals surface area contributed by atoms with Gasteiger partial charge in [-0.25, -0.2) is 0 Å². The maximum Gasteiger partial charge on any atom is 0.122 e. The van der Waals surface area contributed by atoms with Crippen molar-refractivity contribution in [1.82, 2.24) is 0 Å². The molecule has 152 valence electrons. The van der Waals surface area contributed by atoms with Gasteiger partial charge in [-0.3, -0.25) is 0 Å². The minimum atomic E-state index is 0.0103. The highest BCUT2D eigenvalue weighted by Gasteiger charge is 2.79. The summed E-state index contributed by atoms with van der Waals surface area (Å²) in [5.41, 5.74) is 3.48. The lowest BCUT2D eigenvalue weighted by Crippen LogP contribution is -2.45. The zero-order valence-corrected chi connectivity index (χ0v) is 18.5. The fraction of sp³-hybridized carbons (Fsp3) is 0.704. The van der Waals surface area contributed by atoms with Crippen molar-refractivity contribution in [2.24, 2.45) is 35.0 Å². The van der Waals surface area contributed by atoms with Gasteiger partial charge in [0, 0.05) is 5.92 Å². The van der Waals surface area contributed by atoms with Crippen LogP contribution in [0.25, 0.3) is 6.08 Å². The van der Waals surface area contributed by atoms with Crippen molar-refractivity contribution in [3.05, 3.63) is 41.5 Å². The van der Waals surface area contributed by atoms with Crippen LogP contribution in [0.3, 0.4) is 0 Å². The number of fused-ring (bicyclic) bond motifs is 2. The monoisotopic (exact) mass is 378 g/mol. The van der Waals surface area contributed by atoms with E-state index in [0.29, 0.717) is 11.3 Å². The summed E-state index contributed by atoms with van der Waals surface area (Å²) in [6, 6.07) is 11.0. The summed E-state index contributed by atoms with van der Waals surface area (Å²) in [7, 11) is 0. The summed E-state index contributed by atoms with van der Waals surface area (Å²) >= 11 is 0. The summed E-state index contributed by atoms with van der Waals surface area (Å²) in [4.78, 5) is 0. The first-order chi connectivity index (χ1) is 13.3. The van der Waals surface area contributed by atoms with Crippen molar-refractivity contribution in [3.8, 4) is 0 Å². The highest BCUT2D eigenvalue weighted by Crippen LogP contribution is 2.75. The molecule has 0 aromatic heterocycles. The topological polar surface area (TPSA) is 12.5 Å². The van der Waals surface area contributed by atoms with E-state index in [-0.39, 0.29) is 11.2 Å². The van der Waals surface area contributed by atoms with Crippen LogP contribution in [-0.2, 0) is 4.74 Å². The van der Waals surface area contributed by atoms with Gasteiger partial charge in [0.1, 0.15) is 5.60 Å². The molecule has 1 aliphatic heterocycles. The molecule has 3 aliphatic carbocycles. The van der Waals surface area contributed by atoms with Crippen LogP contribution >= 0.6 is 0 Å². The molecule has 1 saturated heterocycles. The van der Waals surface area contributed by atoms with E-state index in [1.54, 1.807) is 5.57 Å². The van der Waals surface area contributed by atoms with Gasteiger partial charge in [0.2, 0.25) is 0 Å². The van der Waals surface area contributed by atoms with Crippen LogP contribution in [0, 0.1) is 35.0 Å². The summed E-state index contributed by atoms with van der Waals surface area (Å²) < 4.78 is 6.80. The van der Waals surface area contributed by atoms with E-state index in [9.17, 15) is 0 Å². The lowest BCUT2D eigenvalue weighted by atomic mass is 9.57. The molecule has 0 unspecified atom stereocenters. The highest BCUT2D eigenvalue weighted by molar-refractivity contribution is 5.59. The van der Waals surface area contributed by atoms with Crippen LogP contribution in [0.2, 0.25) is 0 Å². The number of ether oxygens (including phenoxy) is 1. The lowest BCUT2D eigenvalue weighted by molar-refractivity contribution is 0.0143. The molecule has 1 heteroatoms. The number of hydrogen-bond donors (Lipinski definition) is 0. The molecule has 1 spiro atoms.